The van der Waals surface area contributed by atoms with Crippen LogP contribution in [0.25, 0.3) is 10.2 Å². The van der Waals surface area contributed by atoms with Crippen molar-refractivity contribution in [1.82, 2.24) is 10.3 Å². The Morgan fingerprint density at radius 2 is 1.88 bits per heavy atom. The molecule has 3 rings (SSSR count). The summed E-state index contributed by atoms with van der Waals surface area (Å²) >= 11 is 6.67. The molecule has 3 aromatic rings. The van der Waals surface area contributed by atoms with Gasteiger partial charge in [-0.15, -0.1) is 0 Å². The smallest absolute Gasteiger partial charge is 0.257 e. The van der Waals surface area contributed by atoms with Gasteiger partial charge in [0.15, 0.2) is 10.2 Å². The molecule has 0 fully saturated rings. The number of ether oxygens (including phenoxy) is 1. The van der Waals surface area contributed by atoms with E-state index in [-0.39, 0.29) is 16.9 Å². The molecular weight excluding hydrogens is 444 g/mol. The van der Waals surface area contributed by atoms with Crippen molar-refractivity contribution in [3.8, 4) is 5.75 Å². The number of aromatic nitrogens is 1. The molecule has 0 aliphatic carbocycles. The molecular formula is C23H26N4O3S2. The van der Waals surface area contributed by atoms with Crippen LogP contribution in [-0.2, 0) is 4.79 Å². The minimum absolute atomic E-state index is 0.0479. The summed E-state index contributed by atoms with van der Waals surface area (Å²) in [4.78, 5) is 28.7. The quantitative estimate of drug-likeness (QED) is 0.392. The molecule has 0 radical (unpaired) electrons. The first-order valence-electron chi connectivity index (χ1n) is 10.4. The monoisotopic (exact) mass is 470 g/mol. The van der Waals surface area contributed by atoms with Gasteiger partial charge in [0, 0.05) is 17.7 Å². The maximum Gasteiger partial charge on any atom is 0.257 e. The summed E-state index contributed by atoms with van der Waals surface area (Å²) < 4.78 is 6.53. The van der Waals surface area contributed by atoms with Crippen molar-refractivity contribution in [3.05, 3.63) is 48.0 Å². The van der Waals surface area contributed by atoms with Gasteiger partial charge in [-0.05, 0) is 67.0 Å². The van der Waals surface area contributed by atoms with Crippen LogP contribution in [-0.4, -0.2) is 28.5 Å². The second-order valence-corrected chi connectivity index (χ2v) is 9.08. The SMILES string of the molecule is CCCC(=O)Nc1nc2ccc(NC(=S)NC(=O)c3ccc(OCC(C)C)cc3)cc2s1. The van der Waals surface area contributed by atoms with Crippen LogP contribution in [0.1, 0.15) is 44.0 Å². The number of rotatable bonds is 8. The molecule has 0 unspecified atom stereocenters. The molecule has 2 aromatic carbocycles. The lowest BCUT2D eigenvalue weighted by Crippen LogP contribution is -2.34. The number of thiocarbonyl (C=S) groups is 1. The second kappa shape index (κ2) is 11.0. The van der Waals surface area contributed by atoms with Gasteiger partial charge in [0.1, 0.15) is 5.75 Å². The maximum atomic E-state index is 12.5. The average Bonchev–Trinajstić information content (AvgIpc) is 3.14. The number of anilines is 2. The lowest BCUT2D eigenvalue weighted by Gasteiger charge is -2.11. The minimum atomic E-state index is -0.308. The third kappa shape index (κ3) is 6.73. The van der Waals surface area contributed by atoms with E-state index in [4.69, 9.17) is 17.0 Å². The largest absolute Gasteiger partial charge is 0.493 e. The van der Waals surface area contributed by atoms with Crippen molar-refractivity contribution < 1.29 is 14.3 Å². The number of nitrogens with one attached hydrogen (secondary N) is 3. The number of thiazole rings is 1. The lowest BCUT2D eigenvalue weighted by molar-refractivity contribution is -0.116. The van der Waals surface area contributed by atoms with E-state index in [0.717, 1.165) is 28.1 Å². The summed E-state index contributed by atoms with van der Waals surface area (Å²) in [5, 5.41) is 9.26. The van der Waals surface area contributed by atoms with Crippen LogP contribution >= 0.6 is 23.6 Å². The number of hydrogen-bond donors (Lipinski definition) is 3. The fraction of sp³-hybridized carbons (Fsp3) is 0.304. The molecule has 0 aliphatic heterocycles. The van der Waals surface area contributed by atoms with Crippen LogP contribution in [0.3, 0.4) is 0 Å². The molecule has 0 atom stereocenters. The normalized spacial score (nSPS) is 10.8. The van der Waals surface area contributed by atoms with Crippen LogP contribution in [0.5, 0.6) is 5.75 Å². The standard InChI is InChI=1S/C23H26N4O3S2/c1-4-5-20(28)26-23-25-18-11-8-16(12-19(18)32-23)24-22(31)27-21(29)15-6-9-17(10-7-15)30-13-14(2)3/h6-12,14H,4-5,13H2,1-3H3,(H,25,26,28)(H2,24,27,29,31). The Hall–Kier alpha value is -3.04. The first-order chi connectivity index (χ1) is 15.3. The van der Waals surface area contributed by atoms with Crippen LogP contribution in [0, 0.1) is 5.92 Å². The van der Waals surface area contributed by atoms with Crippen molar-refractivity contribution >= 4 is 61.5 Å². The fourth-order valence-electron chi connectivity index (χ4n) is 2.77. The third-order valence-electron chi connectivity index (χ3n) is 4.30. The highest BCUT2D eigenvalue weighted by molar-refractivity contribution is 7.80. The van der Waals surface area contributed by atoms with E-state index in [1.807, 2.05) is 25.1 Å². The highest BCUT2D eigenvalue weighted by atomic mass is 32.1. The van der Waals surface area contributed by atoms with Crippen LogP contribution in [0.4, 0.5) is 10.8 Å². The molecule has 0 bridgehead atoms. The average molecular weight is 471 g/mol. The second-order valence-electron chi connectivity index (χ2n) is 7.64. The van der Waals surface area contributed by atoms with Crippen molar-refractivity contribution in [3.63, 3.8) is 0 Å². The Balaban J connectivity index is 1.57. The number of fused-ring (bicyclic) bond motifs is 1. The van der Waals surface area contributed by atoms with Gasteiger partial charge in [0.25, 0.3) is 5.91 Å². The zero-order chi connectivity index (χ0) is 23.1. The predicted molar refractivity (Wildman–Crippen MR) is 134 cm³/mol. The first kappa shape index (κ1) is 23.6. The number of amides is 2. The fourth-order valence-corrected chi connectivity index (χ4v) is 3.90. The van der Waals surface area contributed by atoms with Crippen molar-refractivity contribution in [2.45, 2.75) is 33.6 Å². The molecule has 3 N–H and O–H groups in total. The number of carbonyl (C=O) groups is 2. The zero-order valence-electron chi connectivity index (χ0n) is 18.2. The first-order valence-corrected chi connectivity index (χ1v) is 11.6. The van der Waals surface area contributed by atoms with Crippen molar-refractivity contribution in [2.75, 3.05) is 17.2 Å². The molecule has 0 aliphatic rings. The Morgan fingerprint density at radius 3 is 2.56 bits per heavy atom. The molecule has 0 saturated heterocycles. The summed E-state index contributed by atoms with van der Waals surface area (Å²) in [6, 6.07) is 12.5. The van der Waals surface area contributed by atoms with Gasteiger partial charge in [0.2, 0.25) is 5.91 Å². The van der Waals surface area contributed by atoms with Gasteiger partial charge in [-0.3, -0.25) is 14.9 Å². The molecule has 1 heterocycles. The Bertz CT molecular complexity index is 1110. The highest BCUT2D eigenvalue weighted by Crippen LogP contribution is 2.28. The summed E-state index contributed by atoms with van der Waals surface area (Å²) in [5.41, 5.74) is 1.98. The van der Waals surface area contributed by atoms with E-state index >= 15 is 0 Å². The molecule has 1 aromatic heterocycles. The number of hydrogen-bond acceptors (Lipinski definition) is 6. The molecule has 0 spiro atoms. The van der Waals surface area contributed by atoms with Gasteiger partial charge in [-0.1, -0.05) is 32.1 Å². The summed E-state index contributed by atoms with van der Waals surface area (Å²) in [7, 11) is 0. The van der Waals surface area contributed by atoms with Gasteiger partial charge in [0.05, 0.1) is 16.8 Å². The van der Waals surface area contributed by atoms with Crippen LogP contribution < -0.4 is 20.7 Å². The van der Waals surface area contributed by atoms with Gasteiger partial charge in [-0.2, -0.15) is 0 Å². The highest BCUT2D eigenvalue weighted by Gasteiger charge is 2.11. The number of nitrogens with zero attached hydrogens (tertiary/aromatic N) is 1. The van der Waals surface area contributed by atoms with Crippen molar-refractivity contribution in [2.24, 2.45) is 5.92 Å². The minimum Gasteiger partial charge on any atom is -0.493 e. The summed E-state index contributed by atoms with van der Waals surface area (Å²) in [5.74, 6) is 0.794. The van der Waals surface area contributed by atoms with E-state index < -0.39 is 0 Å². The van der Waals surface area contributed by atoms with Crippen LogP contribution in [0.15, 0.2) is 42.5 Å². The third-order valence-corrected chi connectivity index (χ3v) is 5.43. The van der Waals surface area contributed by atoms with Crippen molar-refractivity contribution in [1.29, 1.82) is 0 Å². The molecule has 9 heteroatoms. The van der Waals surface area contributed by atoms with E-state index in [1.165, 1.54) is 11.3 Å². The van der Waals surface area contributed by atoms with E-state index in [1.54, 1.807) is 24.3 Å². The van der Waals surface area contributed by atoms with Gasteiger partial charge < -0.3 is 15.4 Å². The predicted octanol–water partition coefficient (Wildman–Crippen LogP) is 5.20. The lowest BCUT2D eigenvalue weighted by atomic mass is 10.2. The molecule has 2 amide bonds. The van der Waals surface area contributed by atoms with Gasteiger partial charge >= 0.3 is 0 Å². The van der Waals surface area contributed by atoms with E-state index in [9.17, 15) is 9.59 Å². The topological polar surface area (TPSA) is 92.4 Å². The van der Waals surface area contributed by atoms with E-state index in [2.05, 4.69) is 34.8 Å². The zero-order valence-corrected chi connectivity index (χ0v) is 19.9. The van der Waals surface area contributed by atoms with Crippen LogP contribution in [0.2, 0.25) is 0 Å². The number of carbonyl (C=O) groups excluding carboxylic acids is 2. The molecule has 32 heavy (non-hydrogen) atoms. The number of benzene rings is 2. The Kier molecular flexibility index (Phi) is 8.13. The molecule has 7 nitrogen and oxygen atoms in total. The molecule has 168 valence electrons. The maximum absolute atomic E-state index is 12.5. The summed E-state index contributed by atoms with van der Waals surface area (Å²) in [6.45, 7) is 6.73. The van der Waals surface area contributed by atoms with Gasteiger partial charge in [-0.25, -0.2) is 4.98 Å². The van der Waals surface area contributed by atoms with E-state index in [0.29, 0.717) is 29.6 Å². The summed E-state index contributed by atoms with van der Waals surface area (Å²) in [6.07, 6.45) is 1.24. The Labute approximate surface area is 196 Å². The molecule has 0 saturated carbocycles. The Morgan fingerprint density at radius 1 is 1.12 bits per heavy atom.